The minimum atomic E-state index is -0.311. The Hall–Kier alpha value is -2.30. The van der Waals surface area contributed by atoms with Crippen LogP contribution in [-0.4, -0.2) is 21.7 Å². The molecule has 0 saturated heterocycles. The zero-order valence-electron chi connectivity index (χ0n) is 13.0. The van der Waals surface area contributed by atoms with E-state index in [1.165, 1.54) is 11.1 Å². The van der Waals surface area contributed by atoms with Crippen LogP contribution in [0.5, 0.6) is 0 Å². The average Bonchev–Trinajstić information content (AvgIpc) is 2.73. The summed E-state index contributed by atoms with van der Waals surface area (Å²) in [6, 6.07) is 6.28. The fraction of sp³-hybridized carbons (Fsp3) is 0.375. The number of carbonyl (C=O) groups excluding carboxylic acids is 1. The third kappa shape index (κ3) is 3.42. The zero-order chi connectivity index (χ0) is 15.6. The van der Waals surface area contributed by atoms with Crippen LogP contribution in [-0.2, 0) is 4.79 Å². The minimum absolute atomic E-state index is 0.0162. The van der Waals surface area contributed by atoms with Crippen LogP contribution in [0.1, 0.15) is 30.2 Å². The molecule has 112 valence electrons. The molecular formula is C16H22N4O. The number of nitrogens with two attached hydrogens (primary N) is 1. The highest BCUT2D eigenvalue weighted by molar-refractivity contribution is 5.75. The molecule has 0 fully saturated rings. The number of amides is 1. The highest BCUT2D eigenvalue weighted by atomic mass is 16.1. The molecule has 0 saturated carbocycles. The Kier molecular flexibility index (Phi) is 4.31. The van der Waals surface area contributed by atoms with Crippen LogP contribution in [0.15, 0.2) is 24.4 Å². The van der Waals surface area contributed by atoms with Crippen molar-refractivity contribution >= 4 is 11.6 Å². The number of aryl methyl sites for hydroxylation is 2. The van der Waals surface area contributed by atoms with Gasteiger partial charge in [-0.25, -0.2) is 4.68 Å². The summed E-state index contributed by atoms with van der Waals surface area (Å²) in [6.07, 6.45) is 2.09. The molecule has 1 unspecified atom stereocenters. The van der Waals surface area contributed by atoms with Gasteiger partial charge in [0, 0.05) is 12.5 Å². The number of nitrogens with zero attached hydrogens (tertiary/aromatic N) is 2. The van der Waals surface area contributed by atoms with Crippen LogP contribution < -0.4 is 11.1 Å². The Bertz CT molecular complexity index is 660. The molecular weight excluding hydrogens is 264 g/mol. The summed E-state index contributed by atoms with van der Waals surface area (Å²) in [7, 11) is 0. The lowest BCUT2D eigenvalue weighted by Gasteiger charge is -2.14. The van der Waals surface area contributed by atoms with Crippen molar-refractivity contribution < 1.29 is 4.79 Å². The second-order valence-electron chi connectivity index (χ2n) is 5.56. The van der Waals surface area contributed by atoms with E-state index in [2.05, 4.69) is 42.5 Å². The van der Waals surface area contributed by atoms with Crippen LogP contribution >= 0.6 is 0 Å². The molecule has 1 atom stereocenters. The number of carbonyl (C=O) groups is 1. The third-order valence-electron chi connectivity index (χ3n) is 3.51. The van der Waals surface area contributed by atoms with E-state index >= 15 is 0 Å². The van der Waals surface area contributed by atoms with Crippen molar-refractivity contribution in [1.29, 1.82) is 0 Å². The molecule has 5 heteroatoms. The molecule has 1 aromatic carbocycles. The summed E-state index contributed by atoms with van der Waals surface area (Å²) in [5, 5.41) is 7.74. The van der Waals surface area contributed by atoms with Crippen molar-refractivity contribution in [1.82, 2.24) is 9.78 Å². The highest BCUT2D eigenvalue weighted by Crippen LogP contribution is 2.22. The lowest BCUT2D eigenvalue weighted by Crippen LogP contribution is -2.24. The minimum Gasteiger partial charge on any atom is -0.379 e. The summed E-state index contributed by atoms with van der Waals surface area (Å²) in [5.41, 5.74) is 10.6. The fourth-order valence-corrected chi connectivity index (χ4v) is 2.36. The van der Waals surface area contributed by atoms with Gasteiger partial charge in [-0.2, -0.15) is 5.10 Å². The van der Waals surface area contributed by atoms with Gasteiger partial charge < -0.3 is 11.1 Å². The summed E-state index contributed by atoms with van der Waals surface area (Å²) in [4.78, 5) is 11.0. The molecule has 0 aliphatic carbocycles. The summed E-state index contributed by atoms with van der Waals surface area (Å²) >= 11 is 0. The molecule has 2 rings (SSSR count). The Morgan fingerprint density at radius 3 is 2.76 bits per heavy atom. The molecule has 0 radical (unpaired) electrons. The van der Waals surface area contributed by atoms with E-state index in [9.17, 15) is 4.79 Å². The third-order valence-corrected chi connectivity index (χ3v) is 3.51. The second-order valence-corrected chi connectivity index (χ2v) is 5.56. The molecule has 0 spiro atoms. The first kappa shape index (κ1) is 15.1. The summed E-state index contributed by atoms with van der Waals surface area (Å²) in [5.74, 6) is -0.311. The van der Waals surface area contributed by atoms with Gasteiger partial charge in [0.2, 0.25) is 5.91 Å². The summed E-state index contributed by atoms with van der Waals surface area (Å²) < 4.78 is 1.92. The van der Waals surface area contributed by atoms with E-state index in [1.807, 2.05) is 18.5 Å². The summed E-state index contributed by atoms with van der Waals surface area (Å²) in [6.45, 7) is 8.07. The van der Waals surface area contributed by atoms with Gasteiger partial charge in [0.25, 0.3) is 0 Å². The largest absolute Gasteiger partial charge is 0.379 e. The van der Waals surface area contributed by atoms with Gasteiger partial charge >= 0.3 is 0 Å². The number of anilines is 1. The first-order chi connectivity index (χ1) is 9.88. The molecule has 2 aromatic rings. The van der Waals surface area contributed by atoms with Gasteiger partial charge in [0.05, 0.1) is 23.3 Å². The van der Waals surface area contributed by atoms with E-state index < -0.39 is 0 Å². The lowest BCUT2D eigenvalue weighted by molar-refractivity contribution is -0.118. The molecule has 0 aliphatic rings. The van der Waals surface area contributed by atoms with Gasteiger partial charge in [-0.1, -0.05) is 12.1 Å². The van der Waals surface area contributed by atoms with Crippen molar-refractivity contribution in [3.8, 4) is 5.69 Å². The van der Waals surface area contributed by atoms with E-state index in [0.717, 1.165) is 17.1 Å². The quantitative estimate of drug-likeness (QED) is 0.887. The number of rotatable bonds is 5. The fourth-order valence-electron chi connectivity index (χ4n) is 2.36. The molecule has 1 amide bonds. The van der Waals surface area contributed by atoms with E-state index in [-0.39, 0.29) is 11.9 Å². The Morgan fingerprint density at radius 1 is 1.38 bits per heavy atom. The van der Waals surface area contributed by atoms with Gasteiger partial charge in [-0.3, -0.25) is 4.79 Å². The van der Waals surface area contributed by atoms with Gasteiger partial charge in [-0.15, -0.1) is 0 Å². The number of hydrogen-bond acceptors (Lipinski definition) is 3. The molecule has 0 bridgehead atoms. The van der Waals surface area contributed by atoms with Crippen molar-refractivity contribution in [2.75, 3.05) is 5.32 Å². The Morgan fingerprint density at radius 2 is 2.10 bits per heavy atom. The number of aromatic nitrogens is 2. The van der Waals surface area contributed by atoms with Crippen molar-refractivity contribution in [2.24, 2.45) is 5.73 Å². The highest BCUT2D eigenvalue weighted by Gasteiger charge is 2.13. The molecule has 5 nitrogen and oxygen atoms in total. The van der Waals surface area contributed by atoms with Gasteiger partial charge in [0.1, 0.15) is 0 Å². The first-order valence-corrected chi connectivity index (χ1v) is 7.05. The maximum atomic E-state index is 11.0. The Balaban J connectivity index is 2.28. The van der Waals surface area contributed by atoms with Crippen LogP contribution in [0.25, 0.3) is 5.69 Å². The Labute approximate surface area is 125 Å². The monoisotopic (exact) mass is 286 g/mol. The number of benzene rings is 1. The van der Waals surface area contributed by atoms with E-state index in [1.54, 1.807) is 6.20 Å². The maximum absolute atomic E-state index is 11.0. The van der Waals surface area contributed by atoms with Crippen LogP contribution in [0.2, 0.25) is 0 Å². The van der Waals surface area contributed by atoms with Crippen molar-refractivity contribution in [3.05, 3.63) is 41.2 Å². The normalized spacial score (nSPS) is 12.2. The predicted molar refractivity (Wildman–Crippen MR) is 84.7 cm³/mol. The molecule has 21 heavy (non-hydrogen) atoms. The van der Waals surface area contributed by atoms with Crippen molar-refractivity contribution in [2.45, 2.75) is 40.2 Å². The second kappa shape index (κ2) is 5.99. The van der Waals surface area contributed by atoms with E-state index in [4.69, 9.17) is 5.73 Å². The standard InChI is InChI=1S/C16H22N4O/c1-10-5-6-11(2)15(7-10)20-13(4)14(9-18-20)19-12(3)8-16(17)21/h5-7,9,12,19H,8H2,1-4H3,(H2,17,21). The number of primary amides is 1. The lowest BCUT2D eigenvalue weighted by atomic mass is 10.1. The molecule has 3 N–H and O–H groups in total. The average molecular weight is 286 g/mol. The zero-order valence-corrected chi connectivity index (χ0v) is 13.0. The smallest absolute Gasteiger partial charge is 0.219 e. The molecule has 1 heterocycles. The van der Waals surface area contributed by atoms with Gasteiger partial charge in [0.15, 0.2) is 0 Å². The maximum Gasteiger partial charge on any atom is 0.219 e. The number of hydrogen-bond donors (Lipinski definition) is 2. The van der Waals surface area contributed by atoms with Crippen molar-refractivity contribution in [3.63, 3.8) is 0 Å². The number of nitrogens with one attached hydrogen (secondary N) is 1. The van der Waals surface area contributed by atoms with E-state index in [0.29, 0.717) is 6.42 Å². The van der Waals surface area contributed by atoms with Gasteiger partial charge in [-0.05, 0) is 44.9 Å². The van der Waals surface area contributed by atoms with Crippen LogP contribution in [0, 0.1) is 20.8 Å². The van der Waals surface area contributed by atoms with Crippen LogP contribution in [0.4, 0.5) is 5.69 Å². The molecule has 1 aromatic heterocycles. The SMILES string of the molecule is Cc1ccc(C)c(-n2ncc(NC(C)CC(N)=O)c2C)c1. The first-order valence-electron chi connectivity index (χ1n) is 7.05. The van der Waals surface area contributed by atoms with Crippen LogP contribution in [0.3, 0.4) is 0 Å². The topological polar surface area (TPSA) is 72.9 Å². The predicted octanol–water partition coefficient (Wildman–Crippen LogP) is 2.47. The molecule has 0 aliphatic heterocycles.